The van der Waals surface area contributed by atoms with Crippen LogP contribution >= 0.6 is 0 Å². The van der Waals surface area contributed by atoms with Gasteiger partial charge in [0.15, 0.2) is 0 Å². The molecule has 7 atom stereocenters. The first kappa shape index (κ1) is 14.5. The summed E-state index contributed by atoms with van der Waals surface area (Å²) in [5.41, 5.74) is 1.13. The molecule has 21 heavy (non-hydrogen) atoms. The van der Waals surface area contributed by atoms with E-state index in [1.807, 2.05) is 0 Å². The van der Waals surface area contributed by atoms with Gasteiger partial charge in [0, 0.05) is 6.61 Å². The van der Waals surface area contributed by atoms with Gasteiger partial charge in [0.05, 0.1) is 0 Å². The van der Waals surface area contributed by atoms with Crippen molar-refractivity contribution in [1.82, 2.24) is 0 Å². The summed E-state index contributed by atoms with van der Waals surface area (Å²) in [5.74, 6) is 4.55. The molecule has 0 radical (unpaired) electrons. The van der Waals surface area contributed by atoms with Crippen molar-refractivity contribution in [2.45, 2.75) is 78.1 Å². The molecule has 4 fully saturated rings. The Morgan fingerprint density at radius 2 is 1.62 bits per heavy atom. The van der Waals surface area contributed by atoms with Crippen LogP contribution in [0.3, 0.4) is 0 Å². The molecular formula is C20H34O. The molecule has 0 aromatic heterocycles. The van der Waals surface area contributed by atoms with Gasteiger partial charge in [-0.25, -0.2) is 0 Å². The third kappa shape index (κ3) is 1.92. The van der Waals surface area contributed by atoms with Gasteiger partial charge in [0.25, 0.3) is 0 Å². The zero-order valence-electron chi connectivity index (χ0n) is 14.1. The molecule has 4 aliphatic carbocycles. The second-order valence-electron chi connectivity index (χ2n) is 9.40. The van der Waals surface area contributed by atoms with Gasteiger partial charge in [-0.15, -0.1) is 0 Å². The summed E-state index contributed by atoms with van der Waals surface area (Å²) in [5, 5.41) is 9.80. The van der Waals surface area contributed by atoms with Crippen molar-refractivity contribution in [3.63, 3.8) is 0 Å². The first-order valence-corrected chi connectivity index (χ1v) is 9.70. The summed E-state index contributed by atoms with van der Waals surface area (Å²) >= 11 is 0. The molecule has 120 valence electrons. The molecule has 1 heteroatoms. The molecule has 0 amide bonds. The van der Waals surface area contributed by atoms with Gasteiger partial charge in [0.1, 0.15) is 0 Å². The van der Waals surface area contributed by atoms with Crippen molar-refractivity contribution in [3.05, 3.63) is 0 Å². The SMILES string of the molecule is C[C@]12CCCCC1CC[C@@H]1C2CC[C@@]2(C)C1CC[C@@H]2CO. The molecule has 3 unspecified atom stereocenters. The summed E-state index contributed by atoms with van der Waals surface area (Å²) in [6.45, 7) is 5.62. The highest BCUT2D eigenvalue weighted by molar-refractivity contribution is 5.08. The van der Waals surface area contributed by atoms with E-state index in [4.69, 9.17) is 0 Å². The maximum atomic E-state index is 9.80. The molecule has 4 saturated carbocycles. The second-order valence-corrected chi connectivity index (χ2v) is 9.40. The number of aliphatic hydroxyl groups is 1. The van der Waals surface area contributed by atoms with Gasteiger partial charge in [-0.3, -0.25) is 0 Å². The Balaban J connectivity index is 1.62. The van der Waals surface area contributed by atoms with Gasteiger partial charge in [-0.1, -0.05) is 26.7 Å². The van der Waals surface area contributed by atoms with Gasteiger partial charge < -0.3 is 5.11 Å². The number of rotatable bonds is 1. The highest BCUT2D eigenvalue weighted by Gasteiger charge is 2.59. The maximum absolute atomic E-state index is 9.80. The van der Waals surface area contributed by atoms with Crippen LogP contribution in [0.15, 0.2) is 0 Å². The quantitative estimate of drug-likeness (QED) is 0.718. The fourth-order valence-corrected chi connectivity index (χ4v) is 7.70. The Morgan fingerprint density at radius 1 is 0.810 bits per heavy atom. The molecule has 0 aromatic carbocycles. The number of hydrogen-bond donors (Lipinski definition) is 1. The van der Waals surface area contributed by atoms with Crippen LogP contribution in [0.25, 0.3) is 0 Å². The largest absolute Gasteiger partial charge is 0.396 e. The summed E-state index contributed by atoms with van der Waals surface area (Å²) in [7, 11) is 0. The minimum atomic E-state index is 0.435. The van der Waals surface area contributed by atoms with E-state index < -0.39 is 0 Å². The number of aliphatic hydroxyl groups excluding tert-OH is 1. The fraction of sp³-hybridized carbons (Fsp3) is 1.00. The topological polar surface area (TPSA) is 20.2 Å². The molecular weight excluding hydrogens is 256 g/mol. The first-order valence-electron chi connectivity index (χ1n) is 9.70. The summed E-state index contributed by atoms with van der Waals surface area (Å²) < 4.78 is 0. The van der Waals surface area contributed by atoms with Gasteiger partial charge in [0.2, 0.25) is 0 Å². The Hall–Kier alpha value is -0.0400. The van der Waals surface area contributed by atoms with Crippen LogP contribution in [0, 0.1) is 40.4 Å². The molecule has 0 saturated heterocycles. The molecule has 4 rings (SSSR count). The van der Waals surface area contributed by atoms with E-state index >= 15 is 0 Å². The van der Waals surface area contributed by atoms with E-state index in [0.717, 1.165) is 23.7 Å². The highest BCUT2D eigenvalue weighted by atomic mass is 16.3. The van der Waals surface area contributed by atoms with Crippen LogP contribution in [-0.4, -0.2) is 11.7 Å². The van der Waals surface area contributed by atoms with Crippen LogP contribution in [0.2, 0.25) is 0 Å². The molecule has 0 spiro atoms. The molecule has 1 N–H and O–H groups in total. The fourth-order valence-electron chi connectivity index (χ4n) is 7.70. The first-order chi connectivity index (χ1) is 10.1. The van der Waals surface area contributed by atoms with Crippen molar-refractivity contribution in [3.8, 4) is 0 Å². The Morgan fingerprint density at radius 3 is 2.43 bits per heavy atom. The van der Waals surface area contributed by atoms with Crippen molar-refractivity contribution >= 4 is 0 Å². The summed E-state index contributed by atoms with van der Waals surface area (Å²) in [6.07, 6.45) is 14.6. The van der Waals surface area contributed by atoms with Crippen molar-refractivity contribution in [2.75, 3.05) is 6.61 Å². The lowest BCUT2D eigenvalue weighted by atomic mass is 9.45. The van der Waals surface area contributed by atoms with Crippen LogP contribution in [0.1, 0.15) is 78.1 Å². The lowest BCUT2D eigenvalue weighted by Crippen LogP contribution is -2.52. The highest BCUT2D eigenvalue weighted by Crippen LogP contribution is 2.67. The zero-order valence-corrected chi connectivity index (χ0v) is 14.1. The summed E-state index contributed by atoms with van der Waals surface area (Å²) in [6, 6.07) is 0. The van der Waals surface area contributed by atoms with E-state index in [1.54, 1.807) is 0 Å². The van der Waals surface area contributed by atoms with Crippen molar-refractivity contribution < 1.29 is 5.11 Å². The minimum absolute atomic E-state index is 0.435. The average Bonchev–Trinajstić information content (AvgIpc) is 2.83. The molecule has 1 nitrogen and oxygen atoms in total. The molecule has 4 aliphatic rings. The average molecular weight is 290 g/mol. The number of hydrogen-bond acceptors (Lipinski definition) is 1. The van der Waals surface area contributed by atoms with E-state index in [1.165, 1.54) is 64.2 Å². The lowest BCUT2D eigenvalue weighted by molar-refractivity contribution is -0.113. The molecule has 0 aliphatic heterocycles. The number of fused-ring (bicyclic) bond motifs is 5. The van der Waals surface area contributed by atoms with Crippen molar-refractivity contribution in [1.29, 1.82) is 0 Å². The maximum Gasteiger partial charge on any atom is 0.0464 e. The monoisotopic (exact) mass is 290 g/mol. The lowest BCUT2D eigenvalue weighted by Gasteiger charge is -2.60. The zero-order chi connectivity index (χ0) is 14.7. The van der Waals surface area contributed by atoms with Crippen molar-refractivity contribution in [2.24, 2.45) is 40.4 Å². The van der Waals surface area contributed by atoms with E-state index in [0.29, 0.717) is 23.4 Å². The minimum Gasteiger partial charge on any atom is -0.396 e. The van der Waals surface area contributed by atoms with E-state index in [9.17, 15) is 5.11 Å². The molecule has 0 heterocycles. The second kappa shape index (κ2) is 4.98. The van der Waals surface area contributed by atoms with Crippen LogP contribution in [-0.2, 0) is 0 Å². The molecule has 0 bridgehead atoms. The Labute approximate surface area is 130 Å². The van der Waals surface area contributed by atoms with Crippen LogP contribution in [0.5, 0.6) is 0 Å². The van der Waals surface area contributed by atoms with Crippen LogP contribution < -0.4 is 0 Å². The predicted octanol–water partition coefficient (Wildman–Crippen LogP) is 5.03. The Bertz CT molecular complexity index is 405. The van der Waals surface area contributed by atoms with E-state index in [2.05, 4.69) is 13.8 Å². The Kier molecular flexibility index (Phi) is 3.45. The third-order valence-electron chi connectivity index (χ3n) is 9.00. The van der Waals surface area contributed by atoms with Gasteiger partial charge in [-0.05, 0) is 91.8 Å². The predicted molar refractivity (Wildman–Crippen MR) is 86.9 cm³/mol. The summed E-state index contributed by atoms with van der Waals surface area (Å²) in [4.78, 5) is 0. The standard InChI is InChI=1S/C20H34O/c1-19-11-4-3-5-14(19)6-8-16-17-9-7-15(13-21)20(17,2)12-10-18(16)19/h14-18,21H,3-13H2,1-2H3/t14?,15-,16+,17?,18?,19+,20-/m1/s1. The van der Waals surface area contributed by atoms with Crippen LogP contribution in [0.4, 0.5) is 0 Å². The molecule has 0 aromatic rings. The van der Waals surface area contributed by atoms with Gasteiger partial charge in [-0.2, -0.15) is 0 Å². The smallest absolute Gasteiger partial charge is 0.0464 e. The van der Waals surface area contributed by atoms with Gasteiger partial charge >= 0.3 is 0 Å². The van der Waals surface area contributed by atoms with E-state index in [-0.39, 0.29) is 0 Å². The normalized spacial score (nSPS) is 56.4. The third-order valence-corrected chi connectivity index (χ3v) is 9.00.